The summed E-state index contributed by atoms with van der Waals surface area (Å²) < 4.78 is 28.4. The predicted octanol–water partition coefficient (Wildman–Crippen LogP) is 5.49. The highest BCUT2D eigenvalue weighted by Crippen LogP contribution is 2.47. The number of carbonyl (C=O) groups is 2. The van der Waals surface area contributed by atoms with Gasteiger partial charge in [0.05, 0.1) is 11.3 Å². The summed E-state index contributed by atoms with van der Waals surface area (Å²) in [5, 5.41) is 3.26. The molecule has 0 spiro atoms. The number of amides is 2. The molecule has 1 saturated carbocycles. The van der Waals surface area contributed by atoms with E-state index in [0.29, 0.717) is 50.5 Å². The Balaban J connectivity index is 1.54. The van der Waals surface area contributed by atoms with Crippen molar-refractivity contribution in [2.24, 2.45) is 17.3 Å². The quantitative estimate of drug-likeness (QED) is 0.562. The van der Waals surface area contributed by atoms with Gasteiger partial charge in [-0.25, -0.2) is 8.78 Å². The van der Waals surface area contributed by atoms with Crippen molar-refractivity contribution >= 4 is 11.8 Å². The third kappa shape index (κ3) is 6.02. The molecule has 0 bridgehead atoms. The molecule has 2 aliphatic heterocycles. The Morgan fingerprint density at radius 2 is 1.68 bits per heavy atom. The number of carbonyl (C=O) groups excluding carboxylic acids is 2. The van der Waals surface area contributed by atoms with E-state index in [9.17, 15) is 18.4 Å². The van der Waals surface area contributed by atoms with Crippen LogP contribution in [0.5, 0.6) is 0 Å². The zero-order chi connectivity index (χ0) is 27.0. The van der Waals surface area contributed by atoms with Crippen LogP contribution in [0.3, 0.4) is 0 Å². The summed E-state index contributed by atoms with van der Waals surface area (Å²) >= 11 is 0. The number of nitrogens with one attached hydrogen (secondary N) is 1. The van der Waals surface area contributed by atoms with Crippen molar-refractivity contribution in [3.8, 4) is 0 Å². The van der Waals surface area contributed by atoms with Gasteiger partial charge in [0, 0.05) is 49.7 Å². The molecule has 2 unspecified atom stereocenters. The molecule has 4 rings (SSSR count). The maximum atomic E-state index is 14.8. The number of nitrogens with zero attached hydrogens (tertiary/aromatic N) is 2. The van der Waals surface area contributed by atoms with Crippen molar-refractivity contribution in [1.82, 2.24) is 15.1 Å². The first-order chi connectivity index (χ1) is 17.4. The molecule has 0 aromatic heterocycles. The van der Waals surface area contributed by atoms with E-state index in [1.807, 2.05) is 25.7 Å². The molecule has 1 aliphatic carbocycles. The summed E-state index contributed by atoms with van der Waals surface area (Å²) in [6.07, 6.45) is 7.04. The van der Waals surface area contributed by atoms with Gasteiger partial charge in [-0.15, -0.1) is 0 Å². The van der Waals surface area contributed by atoms with Gasteiger partial charge in [0.15, 0.2) is 0 Å². The van der Waals surface area contributed by atoms with Crippen LogP contribution in [0, 0.1) is 28.9 Å². The van der Waals surface area contributed by atoms with Crippen LogP contribution >= 0.6 is 0 Å². The van der Waals surface area contributed by atoms with Crippen molar-refractivity contribution in [2.75, 3.05) is 26.2 Å². The van der Waals surface area contributed by atoms with Crippen LogP contribution in [0.1, 0.15) is 91.0 Å². The second kappa shape index (κ2) is 11.0. The number of rotatable bonds is 5. The number of hydrogen-bond acceptors (Lipinski definition) is 3. The summed E-state index contributed by atoms with van der Waals surface area (Å²) in [6, 6.07) is 3.93. The first kappa shape index (κ1) is 28.0. The number of likely N-dealkylation sites (tertiary alicyclic amines) is 2. The van der Waals surface area contributed by atoms with E-state index in [4.69, 9.17) is 0 Å². The van der Waals surface area contributed by atoms with Gasteiger partial charge < -0.3 is 10.2 Å². The number of piperidine rings is 1. The largest absolute Gasteiger partial charge is 0.351 e. The first-order valence-electron chi connectivity index (χ1n) is 14.2. The van der Waals surface area contributed by atoms with Gasteiger partial charge in [-0.05, 0) is 77.8 Å². The van der Waals surface area contributed by atoms with Crippen LogP contribution in [-0.4, -0.2) is 59.4 Å². The summed E-state index contributed by atoms with van der Waals surface area (Å²) in [5.41, 5.74) is -0.324. The molecular weight excluding hydrogens is 472 g/mol. The zero-order valence-corrected chi connectivity index (χ0v) is 23.3. The van der Waals surface area contributed by atoms with Crippen LogP contribution in [0.25, 0.3) is 0 Å². The van der Waals surface area contributed by atoms with Gasteiger partial charge in [0.1, 0.15) is 11.6 Å². The second-order valence-electron chi connectivity index (χ2n) is 12.9. The number of halogens is 2. The minimum Gasteiger partial charge on any atom is -0.351 e. The van der Waals surface area contributed by atoms with E-state index in [0.717, 1.165) is 31.7 Å². The molecule has 7 heteroatoms. The summed E-state index contributed by atoms with van der Waals surface area (Å²) in [6.45, 7) is 12.5. The summed E-state index contributed by atoms with van der Waals surface area (Å²) in [7, 11) is 0. The fourth-order valence-corrected chi connectivity index (χ4v) is 6.93. The highest BCUT2D eigenvalue weighted by Gasteiger charge is 2.50. The highest BCUT2D eigenvalue weighted by molar-refractivity contribution is 5.85. The smallest absolute Gasteiger partial charge is 0.227 e. The van der Waals surface area contributed by atoms with Crippen LogP contribution in [0.4, 0.5) is 8.78 Å². The molecule has 1 aromatic carbocycles. The summed E-state index contributed by atoms with van der Waals surface area (Å²) in [4.78, 5) is 31.7. The van der Waals surface area contributed by atoms with Gasteiger partial charge >= 0.3 is 0 Å². The molecule has 1 N–H and O–H groups in total. The average molecular weight is 518 g/mol. The van der Waals surface area contributed by atoms with Gasteiger partial charge in [0.2, 0.25) is 11.8 Å². The fraction of sp³-hybridized carbons (Fsp3) is 0.733. The Kier molecular flexibility index (Phi) is 8.32. The van der Waals surface area contributed by atoms with Gasteiger partial charge in [0.25, 0.3) is 0 Å². The molecule has 1 aromatic rings. The normalized spacial score (nSPS) is 25.5. The standard InChI is InChI=1S/C30H45F2N3O2/c1-20(2)35-18-24(23-12-11-22(31)17-26(23)32)25(19-35)27(36)34-15-13-30(14-16-34,21-9-7-6-8-10-21)28(37)33-29(3,4)5/h11-12,17,20-21,24-25H,6-10,13-16,18-19H2,1-5H3,(H,33,37). The molecule has 0 radical (unpaired) electrons. The monoisotopic (exact) mass is 517 g/mol. The number of benzene rings is 1. The van der Waals surface area contributed by atoms with Crippen LogP contribution in [0.15, 0.2) is 18.2 Å². The molecular formula is C30H45F2N3O2. The predicted molar refractivity (Wildman–Crippen MR) is 142 cm³/mol. The SMILES string of the molecule is CC(C)N1CC(C(=O)N2CCC(C(=O)NC(C)(C)C)(C3CCCCC3)CC2)C(c2ccc(F)cc2F)C1. The van der Waals surface area contributed by atoms with Crippen molar-refractivity contribution in [3.63, 3.8) is 0 Å². The average Bonchev–Trinajstić information content (AvgIpc) is 3.28. The van der Waals surface area contributed by atoms with Crippen molar-refractivity contribution in [3.05, 3.63) is 35.4 Å². The third-order valence-electron chi connectivity index (χ3n) is 9.05. The lowest BCUT2D eigenvalue weighted by atomic mass is 9.63. The molecule has 206 valence electrons. The summed E-state index contributed by atoms with van der Waals surface area (Å²) in [5.74, 6) is -1.36. The van der Waals surface area contributed by atoms with E-state index in [-0.39, 0.29) is 35.2 Å². The fourth-order valence-electron chi connectivity index (χ4n) is 6.93. The topological polar surface area (TPSA) is 52.7 Å². The first-order valence-corrected chi connectivity index (χ1v) is 14.2. The zero-order valence-electron chi connectivity index (χ0n) is 23.3. The van der Waals surface area contributed by atoms with E-state index in [2.05, 4.69) is 24.1 Å². The Morgan fingerprint density at radius 3 is 2.24 bits per heavy atom. The highest BCUT2D eigenvalue weighted by atomic mass is 19.1. The van der Waals surface area contributed by atoms with E-state index in [1.165, 1.54) is 18.6 Å². The molecule has 2 amide bonds. The molecule has 2 saturated heterocycles. The molecule has 37 heavy (non-hydrogen) atoms. The minimum absolute atomic E-state index is 0.0327. The maximum absolute atomic E-state index is 14.8. The molecule has 5 nitrogen and oxygen atoms in total. The van der Waals surface area contributed by atoms with Crippen molar-refractivity contribution in [2.45, 2.75) is 97.1 Å². The van der Waals surface area contributed by atoms with Gasteiger partial charge in [-0.3, -0.25) is 14.5 Å². The Hall–Kier alpha value is -2.02. The van der Waals surface area contributed by atoms with E-state index in [1.54, 1.807) is 0 Å². The minimum atomic E-state index is -0.605. The van der Waals surface area contributed by atoms with Gasteiger partial charge in [-0.1, -0.05) is 25.3 Å². The van der Waals surface area contributed by atoms with E-state index >= 15 is 0 Å². The number of hydrogen-bond donors (Lipinski definition) is 1. The molecule has 2 heterocycles. The molecule has 3 fully saturated rings. The van der Waals surface area contributed by atoms with Crippen LogP contribution in [0.2, 0.25) is 0 Å². The second-order valence-corrected chi connectivity index (χ2v) is 12.9. The molecule has 2 atom stereocenters. The van der Waals surface area contributed by atoms with Gasteiger partial charge in [-0.2, -0.15) is 0 Å². The lowest BCUT2D eigenvalue weighted by molar-refractivity contribution is -0.148. The Morgan fingerprint density at radius 1 is 1.03 bits per heavy atom. The van der Waals surface area contributed by atoms with Crippen molar-refractivity contribution in [1.29, 1.82) is 0 Å². The Labute approximate surface area is 221 Å². The van der Waals surface area contributed by atoms with Crippen LogP contribution in [-0.2, 0) is 9.59 Å². The Bertz CT molecular complexity index is 976. The lowest BCUT2D eigenvalue weighted by Gasteiger charge is -2.48. The third-order valence-corrected chi connectivity index (χ3v) is 9.05. The maximum Gasteiger partial charge on any atom is 0.227 e. The lowest BCUT2D eigenvalue weighted by Crippen LogP contribution is -2.57. The van der Waals surface area contributed by atoms with Crippen molar-refractivity contribution < 1.29 is 18.4 Å². The van der Waals surface area contributed by atoms with E-state index < -0.39 is 17.0 Å². The molecule has 3 aliphatic rings. The van der Waals surface area contributed by atoms with Crippen LogP contribution < -0.4 is 5.32 Å².